The van der Waals surface area contributed by atoms with Crippen molar-refractivity contribution in [1.82, 2.24) is 19.9 Å². The number of pyridine rings is 1. The van der Waals surface area contributed by atoms with Crippen LogP contribution in [0.25, 0.3) is 0 Å². The molecule has 0 fully saturated rings. The van der Waals surface area contributed by atoms with Gasteiger partial charge in [0.25, 0.3) is 0 Å². The number of methoxy groups -OCH3 is 1. The SMILES string of the molecule is COCCOc1nc(NCCSCc2ccc(CN(C)C)o2)ncc1Cc1ccc(C)nc1. The van der Waals surface area contributed by atoms with Gasteiger partial charge < -0.3 is 24.1 Å². The molecule has 0 saturated heterocycles. The molecule has 0 atom stereocenters. The number of aromatic nitrogens is 3. The van der Waals surface area contributed by atoms with Crippen LogP contribution in [0.15, 0.2) is 41.1 Å². The van der Waals surface area contributed by atoms with Crippen molar-refractivity contribution in [3.63, 3.8) is 0 Å². The first-order valence-corrected chi connectivity index (χ1v) is 12.1. The third kappa shape index (κ3) is 8.68. The third-order valence-electron chi connectivity index (χ3n) is 4.68. The van der Waals surface area contributed by atoms with E-state index in [0.717, 1.165) is 52.9 Å². The van der Waals surface area contributed by atoms with Crippen LogP contribution in [0, 0.1) is 6.92 Å². The van der Waals surface area contributed by atoms with Crippen LogP contribution in [0.4, 0.5) is 5.95 Å². The van der Waals surface area contributed by atoms with Gasteiger partial charge in [-0.05, 0) is 44.8 Å². The highest BCUT2D eigenvalue weighted by atomic mass is 32.2. The zero-order valence-electron chi connectivity index (χ0n) is 19.8. The number of anilines is 1. The normalized spacial score (nSPS) is 11.2. The van der Waals surface area contributed by atoms with Crippen LogP contribution >= 0.6 is 11.8 Å². The van der Waals surface area contributed by atoms with Gasteiger partial charge in [0.2, 0.25) is 11.8 Å². The number of hydrogen-bond donors (Lipinski definition) is 1. The number of aryl methyl sites for hydroxylation is 1. The smallest absolute Gasteiger partial charge is 0.225 e. The molecule has 0 aliphatic heterocycles. The average molecular weight is 472 g/mol. The van der Waals surface area contributed by atoms with Crippen LogP contribution in [0.2, 0.25) is 0 Å². The van der Waals surface area contributed by atoms with Gasteiger partial charge >= 0.3 is 0 Å². The summed E-state index contributed by atoms with van der Waals surface area (Å²) in [5.41, 5.74) is 3.00. The van der Waals surface area contributed by atoms with E-state index >= 15 is 0 Å². The number of furan rings is 1. The van der Waals surface area contributed by atoms with Crippen molar-refractivity contribution in [3.05, 3.63) is 65.0 Å². The molecule has 33 heavy (non-hydrogen) atoms. The summed E-state index contributed by atoms with van der Waals surface area (Å²) in [6.07, 6.45) is 4.35. The lowest BCUT2D eigenvalue weighted by Crippen LogP contribution is -2.12. The number of nitrogens with one attached hydrogen (secondary N) is 1. The summed E-state index contributed by atoms with van der Waals surface area (Å²) in [5, 5.41) is 3.29. The maximum Gasteiger partial charge on any atom is 0.225 e. The van der Waals surface area contributed by atoms with Crippen molar-refractivity contribution in [3.8, 4) is 5.88 Å². The minimum atomic E-state index is 0.431. The van der Waals surface area contributed by atoms with Gasteiger partial charge in [0.05, 0.1) is 18.9 Å². The van der Waals surface area contributed by atoms with Crippen molar-refractivity contribution in [1.29, 1.82) is 0 Å². The zero-order valence-corrected chi connectivity index (χ0v) is 20.7. The molecule has 0 bridgehead atoms. The number of rotatable bonds is 14. The highest BCUT2D eigenvalue weighted by molar-refractivity contribution is 7.98. The molecule has 0 spiro atoms. The first kappa shape index (κ1) is 25.0. The Kier molecular flexibility index (Phi) is 9.99. The molecule has 8 nitrogen and oxygen atoms in total. The van der Waals surface area contributed by atoms with Crippen LogP contribution < -0.4 is 10.1 Å². The number of hydrogen-bond acceptors (Lipinski definition) is 9. The maximum atomic E-state index is 5.87. The summed E-state index contributed by atoms with van der Waals surface area (Å²) in [7, 11) is 5.72. The Labute approximate surface area is 200 Å². The van der Waals surface area contributed by atoms with Crippen LogP contribution in [-0.2, 0) is 23.5 Å². The molecule has 0 aliphatic rings. The van der Waals surface area contributed by atoms with Crippen molar-refractivity contribution in [2.75, 3.05) is 52.0 Å². The summed E-state index contributed by atoms with van der Waals surface area (Å²) in [6, 6.07) is 8.16. The molecular weight excluding hydrogens is 438 g/mol. The van der Waals surface area contributed by atoms with E-state index in [9.17, 15) is 0 Å². The molecule has 0 amide bonds. The molecule has 0 saturated carbocycles. The fraction of sp³-hybridized carbons (Fsp3) is 0.458. The van der Waals surface area contributed by atoms with E-state index in [2.05, 4.69) is 31.2 Å². The summed E-state index contributed by atoms with van der Waals surface area (Å²) in [6.45, 7) is 4.46. The van der Waals surface area contributed by atoms with Gasteiger partial charge in [0.15, 0.2) is 0 Å². The second kappa shape index (κ2) is 13.2. The summed E-state index contributed by atoms with van der Waals surface area (Å²) < 4.78 is 16.8. The fourth-order valence-corrected chi connectivity index (χ4v) is 3.82. The highest BCUT2D eigenvalue weighted by Gasteiger charge is 2.11. The van der Waals surface area contributed by atoms with Gasteiger partial charge in [-0.15, -0.1) is 0 Å². The molecular formula is C24H33N5O3S. The molecule has 3 aromatic heterocycles. The predicted octanol–water partition coefficient (Wildman–Crippen LogP) is 3.80. The first-order chi connectivity index (χ1) is 16.0. The lowest BCUT2D eigenvalue weighted by atomic mass is 10.1. The monoisotopic (exact) mass is 471 g/mol. The Morgan fingerprint density at radius 2 is 1.91 bits per heavy atom. The number of nitrogens with zero attached hydrogens (tertiary/aromatic N) is 4. The standard InChI is InChI=1S/C24H33N5O3S/c1-18-5-6-19(14-26-18)13-20-15-27-24(28-23(20)31-11-10-30-4)25-9-12-33-17-22-8-7-21(32-22)16-29(2)3/h5-8,14-15H,9-13,16-17H2,1-4H3,(H,25,27,28). The minimum Gasteiger partial charge on any atom is -0.475 e. The van der Waals surface area contributed by atoms with E-state index in [1.807, 2.05) is 51.6 Å². The lowest BCUT2D eigenvalue weighted by molar-refractivity contribution is 0.143. The summed E-state index contributed by atoms with van der Waals surface area (Å²) >= 11 is 1.80. The van der Waals surface area contributed by atoms with E-state index in [1.54, 1.807) is 18.9 Å². The molecule has 178 valence electrons. The number of thioether (sulfide) groups is 1. The molecule has 9 heteroatoms. The highest BCUT2D eigenvalue weighted by Crippen LogP contribution is 2.21. The summed E-state index contributed by atoms with van der Waals surface area (Å²) in [4.78, 5) is 15.5. The quantitative estimate of drug-likeness (QED) is 0.353. The molecule has 0 aliphatic carbocycles. The van der Waals surface area contributed by atoms with E-state index in [1.165, 1.54) is 0 Å². The third-order valence-corrected chi connectivity index (χ3v) is 5.66. The van der Waals surface area contributed by atoms with E-state index in [4.69, 9.17) is 13.9 Å². The van der Waals surface area contributed by atoms with Crippen LogP contribution in [0.5, 0.6) is 5.88 Å². The van der Waals surface area contributed by atoms with Crippen molar-refractivity contribution in [2.24, 2.45) is 0 Å². The zero-order chi connectivity index (χ0) is 23.5. The van der Waals surface area contributed by atoms with Gasteiger partial charge in [0, 0.05) is 49.5 Å². The molecule has 0 aromatic carbocycles. The largest absolute Gasteiger partial charge is 0.475 e. The fourth-order valence-electron chi connectivity index (χ4n) is 3.07. The molecule has 3 rings (SSSR count). The minimum absolute atomic E-state index is 0.431. The van der Waals surface area contributed by atoms with Gasteiger partial charge in [0.1, 0.15) is 18.1 Å². The van der Waals surface area contributed by atoms with Crippen LogP contribution in [0.3, 0.4) is 0 Å². The molecule has 3 aromatic rings. The van der Waals surface area contributed by atoms with Crippen molar-refractivity contribution < 1.29 is 13.9 Å². The van der Waals surface area contributed by atoms with Crippen molar-refractivity contribution in [2.45, 2.75) is 25.6 Å². The maximum absolute atomic E-state index is 5.87. The molecule has 0 unspecified atom stereocenters. The second-order valence-corrected chi connectivity index (χ2v) is 9.04. The van der Waals surface area contributed by atoms with E-state index < -0.39 is 0 Å². The van der Waals surface area contributed by atoms with Crippen LogP contribution in [0.1, 0.15) is 28.3 Å². The second-order valence-electron chi connectivity index (χ2n) is 7.94. The molecule has 0 radical (unpaired) electrons. The topological polar surface area (TPSA) is 85.5 Å². The first-order valence-electron chi connectivity index (χ1n) is 11.0. The Morgan fingerprint density at radius 3 is 2.67 bits per heavy atom. The van der Waals surface area contributed by atoms with Gasteiger partial charge in [-0.25, -0.2) is 4.98 Å². The van der Waals surface area contributed by atoms with Gasteiger partial charge in [-0.2, -0.15) is 16.7 Å². The molecule has 3 heterocycles. The van der Waals surface area contributed by atoms with Gasteiger partial charge in [-0.3, -0.25) is 4.98 Å². The van der Waals surface area contributed by atoms with E-state index in [0.29, 0.717) is 31.5 Å². The van der Waals surface area contributed by atoms with Crippen molar-refractivity contribution >= 4 is 17.7 Å². The Bertz CT molecular complexity index is 978. The Balaban J connectivity index is 1.51. The predicted molar refractivity (Wildman–Crippen MR) is 132 cm³/mol. The summed E-state index contributed by atoms with van der Waals surface area (Å²) in [5.74, 6) is 4.86. The number of ether oxygens (including phenoxy) is 2. The van der Waals surface area contributed by atoms with Gasteiger partial charge in [-0.1, -0.05) is 6.07 Å². The molecule has 1 N–H and O–H groups in total. The lowest BCUT2D eigenvalue weighted by Gasteiger charge is -2.12. The average Bonchev–Trinajstić information content (AvgIpc) is 3.23. The Hall–Kier alpha value is -2.62. The van der Waals surface area contributed by atoms with E-state index in [-0.39, 0.29) is 0 Å². The Morgan fingerprint density at radius 1 is 1.06 bits per heavy atom. The van der Waals surface area contributed by atoms with Crippen LogP contribution in [-0.4, -0.2) is 66.6 Å².